The second kappa shape index (κ2) is 8.67. The first-order valence-electron chi connectivity index (χ1n) is 7.93. The molecule has 0 aliphatic carbocycles. The number of Topliss-reactive ketones (excluding diaryl/α,β-unsaturated/α-hetero) is 1. The number of ketones is 1. The lowest BCUT2D eigenvalue weighted by molar-refractivity contribution is -0.131. The summed E-state index contributed by atoms with van der Waals surface area (Å²) < 4.78 is 5.59. The molecule has 23 heavy (non-hydrogen) atoms. The van der Waals surface area contributed by atoms with Gasteiger partial charge in [-0.05, 0) is 49.6 Å². The number of amides is 1. The van der Waals surface area contributed by atoms with Gasteiger partial charge in [0.05, 0.1) is 6.61 Å². The lowest BCUT2D eigenvalue weighted by atomic mass is 9.93. The molecule has 0 bridgehead atoms. The minimum absolute atomic E-state index is 0.0330. The highest BCUT2D eigenvalue weighted by Gasteiger charge is 2.20. The van der Waals surface area contributed by atoms with Crippen LogP contribution in [-0.2, 0) is 4.79 Å². The van der Waals surface area contributed by atoms with Crippen LogP contribution in [0, 0.1) is 5.41 Å². The van der Waals surface area contributed by atoms with E-state index in [1.165, 1.54) is 6.92 Å². The average molecular weight is 320 g/mol. The Morgan fingerprint density at radius 3 is 2.35 bits per heavy atom. The van der Waals surface area contributed by atoms with E-state index in [0.717, 1.165) is 0 Å². The summed E-state index contributed by atoms with van der Waals surface area (Å²) in [5, 5.41) is 0. The monoisotopic (exact) mass is 320 g/mol. The summed E-state index contributed by atoms with van der Waals surface area (Å²) in [6, 6.07) is 7.03. The molecule has 0 saturated carbocycles. The topological polar surface area (TPSA) is 72.6 Å². The van der Waals surface area contributed by atoms with Crippen LogP contribution in [0.1, 0.15) is 44.0 Å². The predicted molar refractivity (Wildman–Crippen MR) is 91.6 cm³/mol. The molecule has 128 valence electrons. The molecule has 0 fully saturated rings. The van der Waals surface area contributed by atoms with Crippen molar-refractivity contribution in [1.29, 1.82) is 0 Å². The lowest BCUT2D eigenvalue weighted by Crippen LogP contribution is -2.39. The van der Waals surface area contributed by atoms with Crippen LogP contribution in [-0.4, -0.2) is 43.3 Å². The molecule has 0 atom stereocenters. The van der Waals surface area contributed by atoms with Gasteiger partial charge in [-0.2, -0.15) is 0 Å². The maximum absolute atomic E-state index is 12.1. The zero-order chi connectivity index (χ0) is 17.5. The Hall–Kier alpha value is -1.88. The van der Waals surface area contributed by atoms with Gasteiger partial charge in [0, 0.05) is 25.6 Å². The van der Waals surface area contributed by atoms with Crippen molar-refractivity contribution in [2.75, 3.05) is 26.7 Å². The Morgan fingerprint density at radius 1 is 1.22 bits per heavy atom. The number of carbonyl (C=O) groups excluding carboxylic acids is 2. The maximum atomic E-state index is 12.1. The lowest BCUT2D eigenvalue weighted by Gasteiger charge is -2.29. The molecule has 0 spiro atoms. The highest BCUT2D eigenvalue weighted by molar-refractivity contribution is 5.94. The highest BCUT2D eigenvalue weighted by Crippen LogP contribution is 2.15. The molecule has 1 aromatic rings. The van der Waals surface area contributed by atoms with E-state index >= 15 is 0 Å². The van der Waals surface area contributed by atoms with Crippen LogP contribution >= 0.6 is 0 Å². The van der Waals surface area contributed by atoms with Gasteiger partial charge in [-0.1, -0.05) is 13.8 Å². The quantitative estimate of drug-likeness (QED) is 0.560. The van der Waals surface area contributed by atoms with Crippen molar-refractivity contribution in [1.82, 2.24) is 4.90 Å². The highest BCUT2D eigenvalue weighted by atomic mass is 16.5. The van der Waals surface area contributed by atoms with Crippen molar-refractivity contribution in [2.45, 2.75) is 33.6 Å². The first-order chi connectivity index (χ1) is 10.7. The second-order valence-electron chi connectivity index (χ2n) is 6.65. The van der Waals surface area contributed by atoms with Crippen molar-refractivity contribution in [3.63, 3.8) is 0 Å². The molecule has 0 aliphatic heterocycles. The Morgan fingerprint density at radius 2 is 1.83 bits per heavy atom. The van der Waals surface area contributed by atoms with Crippen LogP contribution in [0.15, 0.2) is 24.3 Å². The fourth-order valence-corrected chi connectivity index (χ4v) is 2.18. The van der Waals surface area contributed by atoms with Gasteiger partial charge in [0.15, 0.2) is 5.78 Å². The molecule has 0 unspecified atom stereocenters. The maximum Gasteiger partial charge on any atom is 0.222 e. The minimum atomic E-state index is -0.0701. The van der Waals surface area contributed by atoms with E-state index in [9.17, 15) is 9.59 Å². The van der Waals surface area contributed by atoms with E-state index < -0.39 is 0 Å². The average Bonchev–Trinajstić information content (AvgIpc) is 2.51. The second-order valence-corrected chi connectivity index (χ2v) is 6.65. The van der Waals surface area contributed by atoms with Crippen LogP contribution in [0.2, 0.25) is 0 Å². The van der Waals surface area contributed by atoms with Gasteiger partial charge in [-0.15, -0.1) is 0 Å². The van der Waals surface area contributed by atoms with Gasteiger partial charge < -0.3 is 15.4 Å². The van der Waals surface area contributed by atoms with E-state index in [2.05, 4.69) is 0 Å². The summed E-state index contributed by atoms with van der Waals surface area (Å²) >= 11 is 0. The van der Waals surface area contributed by atoms with Crippen molar-refractivity contribution in [3.05, 3.63) is 29.8 Å². The molecule has 0 saturated heterocycles. The van der Waals surface area contributed by atoms with Gasteiger partial charge in [0.1, 0.15) is 5.75 Å². The number of hydrogen-bond donors (Lipinski definition) is 1. The van der Waals surface area contributed by atoms with Crippen LogP contribution in [0.5, 0.6) is 5.75 Å². The molecule has 0 aliphatic rings. The van der Waals surface area contributed by atoms with Gasteiger partial charge in [0.25, 0.3) is 0 Å². The fourth-order valence-electron chi connectivity index (χ4n) is 2.18. The van der Waals surface area contributed by atoms with Crippen LogP contribution in [0.4, 0.5) is 0 Å². The summed E-state index contributed by atoms with van der Waals surface area (Å²) in [5.41, 5.74) is 6.28. The SMILES string of the molecule is CC(=O)c1ccc(OCCCC(=O)N(C)CC(C)(C)CN)cc1. The molecule has 2 N–H and O–H groups in total. The smallest absolute Gasteiger partial charge is 0.222 e. The van der Waals surface area contributed by atoms with Crippen molar-refractivity contribution in [2.24, 2.45) is 11.1 Å². The minimum Gasteiger partial charge on any atom is -0.494 e. The van der Waals surface area contributed by atoms with Crippen molar-refractivity contribution < 1.29 is 14.3 Å². The van der Waals surface area contributed by atoms with Crippen molar-refractivity contribution >= 4 is 11.7 Å². The molecule has 0 heterocycles. The van der Waals surface area contributed by atoms with Gasteiger partial charge in [-0.3, -0.25) is 9.59 Å². The first-order valence-corrected chi connectivity index (χ1v) is 7.93. The van der Waals surface area contributed by atoms with Crippen LogP contribution < -0.4 is 10.5 Å². The van der Waals surface area contributed by atoms with E-state index in [4.69, 9.17) is 10.5 Å². The molecule has 1 amide bonds. The Bertz CT molecular complexity index is 524. The standard InChI is InChI=1S/C18H28N2O3/c1-14(21)15-7-9-16(10-8-15)23-11-5-6-17(22)20(4)13-18(2,3)12-19/h7-10H,5-6,11-13,19H2,1-4H3. The largest absolute Gasteiger partial charge is 0.494 e. The molecular weight excluding hydrogens is 292 g/mol. The summed E-state index contributed by atoms with van der Waals surface area (Å²) in [6.07, 6.45) is 1.10. The molecule has 0 aromatic heterocycles. The summed E-state index contributed by atoms with van der Waals surface area (Å²) in [5.74, 6) is 0.840. The molecule has 1 rings (SSSR count). The number of rotatable bonds is 9. The van der Waals surface area contributed by atoms with E-state index in [1.807, 2.05) is 13.8 Å². The number of nitrogens with two attached hydrogens (primary N) is 1. The molecule has 0 radical (unpaired) electrons. The zero-order valence-electron chi connectivity index (χ0n) is 14.6. The zero-order valence-corrected chi connectivity index (χ0v) is 14.6. The molecular formula is C18H28N2O3. The Kier molecular flexibility index (Phi) is 7.23. The van der Waals surface area contributed by atoms with Crippen molar-refractivity contribution in [3.8, 4) is 5.75 Å². The summed E-state index contributed by atoms with van der Waals surface area (Å²) in [6.45, 7) is 7.29. The third kappa shape index (κ3) is 6.82. The number of benzene rings is 1. The van der Waals surface area contributed by atoms with E-state index in [-0.39, 0.29) is 17.1 Å². The summed E-state index contributed by atoms with van der Waals surface area (Å²) in [4.78, 5) is 25.0. The number of nitrogens with zero attached hydrogens (tertiary/aromatic N) is 1. The Labute approximate surface area is 138 Å². The third-order valence-electron chi connectivity index (χ3n) is 3.71. The van der Waals surface area contributed by atoms with Gasteiger partial charge in [-0.25, -0.2) is 0 Å². The van der Waals surface area contributed by atoms with Crippen LogP contribution in [0.3, 0.4) is 0 Å². The predicted octanol–water partition coefficient (Wildman–Crippen LogP) is 2.49. The van der Waals surface area contributed by atoms with Crippen LogP contribution in [0.25, 0.3) is 0 Å². The van der Waals surface area contributed by atoms with E-state index in [0.29, 0.717) is 43.9 Å². The molecule has 1 aromatic carbocycles. The number of carbonyl (C=O) groups is 2. The molecule has 5 heteroatoms. The Balaban J connectivity index is 2.31. The normalized spacial score (nSPS) is 11.2. The third-order valence-corrected chi connectivity index (χ3v) is 3.71. The van der Waals surface area contributed by atoms with E-state index in [1.54, 1.807) is 36.2 Å². The van der Waals surface area contributed by atoms with Gasteiger partial charge >= 0.3 is 0 Å². The number of hydrogen-bond acceptors (Lipinski definition) is 4. The van der Waals surface area contributed by atoms with Gasteiger partial charge in [0.2, 0.25) is 5.91 Å². The molecule has 5 nitrogen and oxygen atoms in total. The first kappa shape index (κ1) is 19.2. The summed E-state index contributed by atoms with van der Waals surface area (Å²) in [7, 11) is 1.81. The fraction of sp³-hybridized carbons (Fsp3) is 0.556. The number of ether oxygens (including phenoxy) is 1.